The summed E-state index contributed by atoms with van der Waals surface area (Å²) in [4.78, 5) is 17.4. The summed E-state index contributed by atoms with van der Waals surface area (Å²) in [6, 6.07) is 8.77. The zero-order valence-corrected chi connectivity index (χ0v) is 11.8. The van der Waals surface area contributed by atoms with Gasteiger partial charge in [-0.3, -0.25) is 9.78 Å². The zero-order chi connectivity index (χ0) is 14.7. The molecule has 2 rings (SSSR count). The van der Waals surface area contributed by atoms with Gasteiger partial charge >= 0.3 is 0 Å². The van der Waals surface area contributed by atoms with E-state index in [1.54, 1.807) is 38.5 Å². The fourth-order valence-corrected chi connectivity index (χ4v) is 1.67. The van der Waals surface area contributed by atoms with Crippen molar-refractivity contribution in [2.24, 2.45) is 0 Å². The molecule has 0 bridgehead atoms. The van der Waals surface area contributed by atoms with Gasteiger partial charge in [0.05, 0.1) is 0 Å². The number of benzene rings is 1. The number of hydrogen-bond acceptors (Lipinski definition) is 4. The summed E-state index contributed by atoms with van der Waals surface area (Å²) in [7, 11) is 3.36. The number of aromatic nitrogens is 1. The summed E-state index contributed by atoms with van der Waals surface area (Å²) in [6.45, 7) is 1.93. The summed E-state index contributed by atoms with van der Waals surface area (Å²) in [5, 5.41) is 0. The van der Waals surface area contributed by atoms with Crippen molar-refractivity contribution in [3.05, 3.63) is 47.8 Å². The van der Waals surface area contributed by atoms with Gasteiger partial charge in [0.1, 0.15) is 17.2 Å². The van der Waals surface area contributed by atoms with E-state index in [0.29, 0.717) is 22.9 Å². The third-order valence-corrected chi connectivity index (χ3v) is 2.80. The Morgan fingerprint density at radius 2 is 2.00 bits per heavy atom. The summed E-state index contributed by atoms with van der Waals surface area (Å²) >= 11 is 0. The molecule has 0 spiro atoms. The summed E-state index contributed by atoms with van der Waals surface area (Å²) in [5.41, 5.74) is 7.69. The highest BCUT2D eigenvalue weighted by Crippen LogP contribution is 2.27. The van der Waals surface area contributed by atoms with Crippen LogP contribution < -0.4 is 10.5 Å². The molecule has 0 aliphatic carbocycles. The molecule has 0 saturated heterocycles. The summed E-state index contributed by atoms with van der Waals surface area (Å²) in [6.07, 6.45) is 1.55. The molecule has 0 radical (unpaired) electrons. The predicted molar refractivity (Wildman–Crippen MR) is 77.9 cm³/mol. The largest absolute Gasteiger partial charge is 0.457 e. The molecule has 2 aromatic rings. The molecule has 0 unspecified atom stereocenters. The maximum Gasteiger partial charge on any atom is 0.272 e. The topological polar surface area (TPSA) is 68.5 Å². The van der Waals surface area contributed by atoms with E-state index in [4.69, 9.17) is 10.5 Å². The Labute approximate surface area is 118 Å². The first kappa shape index (κ1) is 13.9. The van der Waals surface area contributed by atoms with E-state index in [1.165, 1.54) is 4.90 Å². The predicted octanol–water partition coefficient (Wildman–Crippen LogP) is 2.47. The number of nitrogens with two attached hydrogens (primary N) is 1. The van der Waals surface area contributed by atoms with Gasteiger partial charge in [-0.25, -0.2) is 0 Å². The molecule has 0 aliphatic heterocycles. The average molecular weight is 271 g/mol. The molecular formula is C15H17N3O2. The number of amides is 1. The molecule has 20 heavy (non-hydrogen) atoms. The van der Waals surface area contributed by atoms with Crippen molar-refractivity contribution in [1.82, 2.24) is 9.88 Å². The van der Waals surface area contributed by atoms with Gasteiger partial charge in [0.15, 0.2) is 0 Å². The van der Waals surface area contributed by atoms with Crippen LogP contribution in [0.2, 0.25) is 0 Å². The smallest absolute Gasteiger partial charge is 0.272 e. The molecule has 0 atom stereocenters. The third kappa shape index (κ3) is 3.06. The van der Waals surface area contributed by atoms with Crippen molar-refractivity contribution in [3.8, 4) is 11.5 Å². The molecule has 5 nitrogen and oxygen atoms in total. The first-order valence-electron chi connectivity index (χ1n) is 6.19. The Hall–Kier alpha value is -2.56. The van der Waals surface area contributed by atoms with E-state index < -0.39 is 0 Å². The number of nitrogen functional groups attached to an aromatic ring is 1. The molecule has 0 saturated carbocycles. The Bertz CT molecular complexity index is 639. The number of rotatable bonds is 3. The van der Waals surface area contributed by atoms with Gasteiger partial charge in [0, 0.05) is 38.1 Å². The van der Waals surface area contributed by atoms with E-state index >= 15 is 0 Å². The Morgan fingerprint density at radius 1 is 1.25 bits per heavy atom. The molecule has 104 valence electrons. The standard InChI is InChI=1S/C15H17N3O2/c1-10-4-5-11(16)8-14(10)20-12-6-7-17-13(9-12)15(19)18(2)3/h4-9H,16H2,1-3H3. The van der Waals surface area contributed by atoms with Gasteiger partial charge < -0.3 is 15.4 Å². The number of ether oxygens (including phenoxy) is 1. The average Bonchev–Trinajstić information content (AvgIpc) is 2.42. The minimum absolute atomic E-state index is 0.167. The van der Waals surface area contributed by atoms with Crippen molar-refractivity contribution in [2.45, 2.75) is 6.92 Å². The Morgan fingerprint density at radius 3 is 2.70 bits per heavy atom. The molecule has 0 aliphatic rings. The number of carbonyl (C=O) groups is 1. The Kier molecular flexibility index (Phi) is 3.89. The van der Waals surface area contributed by atoms with Crippen LogP contribution in [-0.4, -0.2) is 29.9 Å². The van der Waals surface area contributed by atoms with Crippen LogP contribution in [0.5, 0.6) is 11.5 Å². The van der Waals surface area contributed by atoms with Crippen LogP contribution >= 0.6 is 0 Å². The number of anilines is 1. The van der Waals surface area contributed by atoms with Crippen molar-refractivity contribution in [3.63, 3.8) is 0 Å². The highest BCUT2D eigenvalue weighted by Gasteiger charge is 2.11. The maximum absolute atomic E-state index is 11.9. The first-order chi connectivity index (χ1) is 9.47. The van der Waals surface area contributed by atoms with Crippen LogP contribution in [0.4, 0.5) is 5.69 Å². The molecule has 1 amide bonds. The van der Waals surface area contributed by atoms with E-state index in [2.05, 4.69) is 4.98 Å². The van der Waals surface area contributed by atoms with Crippen molar-refractivity contribution in [1.29, 1.82) is 0 Å². The molecular weight excluding hydrogens is 254 g/mol. The van der Waals surface area contributed by atoms with Crippen molar-refractivity contribution >= 4 is 11.6 Å². The second-order valence-corrected chi connectivity index (χ2v) is 4.70. The number of hydrogen-bond donors (Lipinski definition) is 1. The highest BCUT2D eigenvalue weighted by molar-refractivity contribution is 5.92. The van der Waals surface area contributed by atoms with Gasteiger partial charge in [-0.2, -0.15) is 0 Å². The SMILES string of the molecule is Cc1ccc(N)cc1Oc1ccnc(C(=O)N(C)C)c1. The van der Waals surface area contributed by atoms with Crippen LogP contribution in [0.3, 0.4) is 0 Å². The summed E-state index contributed by atoms with van der Waals surface area (Å²) in [5.74, 6) is 1.05. The van der Waals surface area contributed by atoms with Crippen LogP contribution in [0.25, 0.3) is 0 Å². The normalized spacial score (nSPS) is 10.2. The number of carbonyl (C=O) groups excluding carboxylic acids is 1. The minimum Gasteiger partial charge on any atom is -0.457 e. The van der Waals surface area contributed by atoms with Gasteiger partial charge in [-0.1, -0.05) is 6.07 Å². The van der Waals surface area contributed by atoms with E-state index in [0.717, 1.165) is 5.56 Å². The summed E-state index contributed by atoms with van der Waals surface area (Å²) < 4.78 is 5.77. The number of aryl methyl sites for hydroxylation is 1. The quantitative estimate of drug-likeness (QED) is 0.871. The maximum atomic E-state index is 11.9. The van der Waals surface area contributed by atoms with E-state index in [9.17, 15) is 4.79 Å². The lowest BCUT2D eigenvalue weighted by atomic mass is 10.2. The lowest BCUT2D eigenvalue weighted by molar-refractivity contribution is 0.0821. The first-order valence-corrected chi connectivity index (χ1v) is 6.19. The molecule has 0 fully saturated rings. The van der Waals surface area contributed by atoms with E-state index in [-0.39, 0.29) is 5.91 Å². The third-order valence-electron chi connectivity index (χ3n) is 2.80. The molecule has 1 aromatic heterocycles. The number of nitrogens with zero attached hydrogens (tertiary/aromatic N) is 2. The van der Waals surface area contributed by atoms with Crippen molar-refractivity contribution < 1.29 is 9.53 Å². The highest BCUT2D eigenvalue weighted by atomic mass is 16.5. The molecule has 5 heteroatoms. The monoisotopic (exact) mass is 271 g/mol. The number of pyridine rings is 1. The lowest BCUT2D eigenvalue weighted by Gasteiger charge is -2.12. The molecule has 2 N–H and O–H groups in total. The molecule has 1 aromatic carbocycles. The second-order valence-electron chi connectivity index (χ2n) is 4.70. The van der Waals surface area contributed by atoms with Crippen LogP contribution in [0.1, 0.15) is 16.1 Å². The fraction of sp³-hybridized carbons (Fsp3) is 0.200. The van der Waals surface area contributed by atoms with Gasteiger partial charge in [0.2, 0.25) is 0 Å². The zero-order valence-electron chi connectivity index (χ0n) is 11.8. The lowest BCUT2D eigenvalue weighted by Crippen LogP contribution is -2.22. The van der Waals surface area contributed by atoms with Crippen LogP contribution in [-0.2, 0) is 0 Å². The minimum atomic E-state index is -0.167. The molecule has 1 heterocycles. The van der Waals surface area contributed by atoms with Crippen LogP contribution in [0, 0.1) is 6.92 Å². The Balaban J connectivity index is 2.28. The van der Waals surface area contributed by atoms with Crippen LogP contribution in [0.15, 0.2) is 36.5 Å². The van der Waals surface area contributed by atoms with Gasteiger partial charge in [-0.15, -0.1) is 0 Å². The van der Waals surface area contributed by atoms with E-state index in [1.807, 2.05) is 19.1 Å². The van der Waals surface area contributed by atoms with Gasteiger partial charge in [0.25, 0.3) is 5.91 Å². The van der Waals surface area contributed by atoms with Gasteiger partial charge in [-0.05, 0) is 24.6 Å². The second kappa shape index (κ2) is 5.61. The fourth-order valence-electron chi connectivity index (χ4n) is 1.67. The van der Waals surface area contributed by atoms with Crippen molar-refractivity contribution in [2.75, 3.05) is 19.8 Å².